The van der Waals surface area contributed by atoms with E-state index in [4.69, 9.17) is 0 Å². The first-order chi connectivity index (χ1) is 16.1. The highest BCUT2D eigenvalue weighted by Gasteiger charge is 2.35. The number of fused-ring (bicyclic) bond motifs is 3. The van der Waals surface area contributed by atoms with Gasteiger partial charge in [0, 0.05) is 16.8 Å². The van der Waals surface area contributed by atoms with Crippen LogP contribution in [0, 0.1) is 0 Å². The van der Waals surface area contributed by atoms with Crippen molar-refractivity contribution in [3.05, 3.63) is 125 Å². The van der Waals surface area contributed by atoms with Gasteiger partial charge in [-0.1, -0.05) is 114 Å². The number of allylic oxidation sites excluding steroid dienone is 4. The van der Waals surface area contributed by atoms with Crippen LogP contribution in [-0.2, 0) is 17.3 Å². The molecule has 0 aromatic heterocycles. The Morgan fingerprint density at radius 1 is 0.882 bits per heavy atom. The maximum absolute atomic E-state index is 4.33. The maximum atomic E-state index is 4.33. The fourth-order valence-electron chi connectivity index (χ4n) is 5.08. The van der Waals surface area contributed by atoms with Crippen LogP contribution in [0.25, 0.3) is 11.1 Å². The van der Waals surface area contributed by atoms with Gasteiger partial charge < -0.3 is 5.32 Å². The van der Waals surface area contributed by atoms with Gasteiger partial charge >= 0.3 is 0 Å². The molecule has 0 aliphatic heterocycles. The van der Waals surface area contributed by atoms with Gasteiger partial charge in [0.15, 0.2) is 0 Å². The van der Waals surface area contributed by atoms with Gasteiger partial charge in [-0.15, -0.1) is 0 Å². The van der Waals surface area contributed by atoms with Gasteiger partial charge in [0.2, 0.25) is 0 Å². The number of benzene rings is 3. The van der Waals surface area contributed by atoms with Crippen molar-refractivity contribution in [3.63, 3.8) is 0 Å². The monoisotopic (exact) mass is 447 g/mol. The summed E-state index contributed by atoms with van der Waals surface area (Å²) < 4.78 is 0. The van der Waals surface area contributed by atoms with Crippen molar-refractivity contribution in [1.29, 1.82) is 0 Å². The average Bonchev–Trinajstić information content (AvgIpc) is 3.03. The molecule has 0 atom stereocenters. The predicted octanol–water partition coefficient (Wildman–Crippen LogP) is 8.96. The Hall–Kier alpha value is -3.32. The zero-order valence-electron chi connectivity index (χ0n) is 21.5. The van der Waals surface area contributed by atoms with Gasteiger partial charge in [0.1, 0.15) is 0 Å². The molecule has 0 unspecified atom stereocenters. The lowest BCUT2D eigenvalue weighted by Gasteiger charge is -2.23. The van der Waals surface area contributed by atoms with E-state index in [1.54, 1.807) is 0 Å². The molecule has 1 aliphatic rings. The molecule has 1 aliphatic carbocycles. The molecule has 3 aromatic carbocycles. The van der Waals surface area contributed by atoms with Crippen molar-refractivity contribution >= 4 is 5.69 Å². The number of hydrogen-bond acceptors (Lipinski definition) is 1. The molecule has 174 valence electrons. The molecule has 0 amide bonds. The van der Waals surface area contributed by atoms with Crippen LogP contribution in [-0.4, -0.2) is 0 Å². The van der Waals surface area contributed by atoms with Crippen LogP contribution >= 0.6 is 0 Å². The van der Waals surface area contributed by atoms with E-state index in [1.165, 1.54) is 33.4 Å². The van der Waals surface area contributed by atoms with Crippen molar-refractivity contribution < 1.29 is 0 Å². The Morgan fingerprint density at radius 2 is 1.56 bits per heavy atom. The van der Waals surface area contributed by atoms with Gasteiger partial charge in [-0.05, 0) is 70.3 Å². The largest absolute Gasteiger partial charge is 0.356 e. The Kier molecular flexibility index (Phi) is 6.41. The molecule has 0 bridgehead atoms. The highest BCUT2D eigenvalue weighted by molar-refractivity contribution is 5.82. The normalized spacial score (nSPS) is 14.7. The second-order valence-electron chi connectivity index (χ2n) is 10.9. The standard InChI is InChI=1S/C33H37N/c1-8-25(18-17-23(2)21-24-13-9-11-15-29(24)32(3,4)5)34-26-19-20-28-27-14-10-12-16-30(27)33(6,7)31(28)22-26/h8-20,22,34H,2,21H2,1,3-7H3/b18-17-,25-8+. The van der Waals surface area contributed by atoms with Gasteiger partial charge in [-0.2, -0.15) is 0 Å². The number of rotatable bonds is 6. The van der Waals surface area contributed by atoms with Crippen LogP contribution in [0.4, 0.5) is 5.69 Å². The van der Waals surface area contributed by atoms with Crippen molar-refractivity contribution in [2.45, 2.75) is 58.8 Å². The Morgan fingerprint density at radius 3 is 2.29 bits per heavy atom. The van der Waals surface area contributed by atoms with E-state index in [0.29, 0.717) is 0 Å². The summed E-state index contributed by atoms with van der Waals surface area (Å²) in [5.74, 6) is 0. The van der Waals surface area contributed by atoms with Crippen molar-refractivity contribution in [2.24, 2.45) is 0 Å². The highest BCUT2D eigenvalue weighted by atomic mass is 14.9. The summed E-state index contributed by atoms with van der Waals surface area (Å²) >= 11 is 0. The summed E-state index contributed by atoms with van der Waals surface area (Å²) in [6, 6.07) is 24.2. The number of anilines is 1. The summed E-state index contributed by atoms with van der Waals surface area (Å²) in [6.45, 7) is 17.8. The van der Waals surface area contributed by atoms with E-state index < -0.39 is 0 Å². The fourth-order valence-corrected chi connectivity index (χ4v) is 5.08. The molecule has 0 saturated heterocycles. The van der Waals surface area contributed by atoms with E-state index in [2.05, 4.69) is 138 Å². The first-order valence-corrected chi connectivity index (χ1v) is 12.2. The molecule has 1 N–H and O–H groups in total. The number of hydrogen-bond donors (Lipinski definition) is 1. The predicted molar refractivity (Wildman–Crippen MR) is 149 cm³/mol. The molecule has 3 aromatic rings. The molecule has 1 heteroatoms. The molecule has 1 nitrogen and oxygen atoms in total. The van der Waals surface area contributed by atoms with Crippen LogP contribution in [0.3, 0.4) is 0 Å². The second-order valence-corrected chi connectivity index (χ2v) is 10.9. The summed E-state index contributed by atoms with van der Waals surface area (Å²) in [7, 11) is 0. The second kappa shape index (κ2) is 9.14. The quantitative estimate of drug-likeness (QED) is 0.372. The Labute approximate surface area is 205 Å². The van der Waals surface area contributed by atoms with E-state index in [0.717, 1.165) is 23.4 Å². The van der Waals surface area contributed by atoms with E-state index >= 15 is 0 Å². The lowest BCUT2D eigenvalue weighted by molar-refractivity contribution is 0.584. The van der Waals surface area contributed by atoms with Gasteiger partial charge in [-0.3, -0.25) is 0 Å². The van der Waals surface area contributed by atoms with E-state index in [-0.39, 0.29) is 10.8 Å². The van der Waals surface area contributed by atoms with Crippen molar-refractivity contribution in [1.82, 2.24) is 0 Å². The smallest absolute Gasteiger partial charge is 0.0387 e. The molecule has 0 heterocycles. The first-order valence-electron chi connectivity index (χ1n) is 12.2. The lowest BCUT2D eigenvalue weighted by atomic mass is 9.82. The summed E-state index contributed by atoms with van der Waals surface area (Å²) in [5, 5.41) is 3.61. The minimum Gasteiger partial charge on any atom is -0.356 e. The van der Waals surface area contributed by atoms with Crippen LogP contribution < -0.4 is 5.32 Å². The highest BCUT2D eigenvalue weighted by Crippen LogP contribution is 2.49. The minimum atomic E-state index is 0.00425. The van der Waals surface area contributed by atoms with Gasteiger partial charge in [-0.25, -0.2) is 0 Å². The molecular weight excluding hydrogens is 410 g/mol. The van der Waals surface area contributed by atoms with Crippen LogP contribution in [0.5, 0.6) is 0 Å². The van der Waals surface area contributed by atoms with Crippen LogP contribution in [0.15, 0.2) is 103 Å². The SMILES string of the molecule is C=C(/C=C\C(=C/C)Nc1ccc2c(c1)C(C)(C)c1ccccc1-2)Cc1ccccc1C(C)(C)C. The molecule has 0 spiro atoms. The summed E-state index contributed by atoms with van der Waals surface area (Å²) in [4.78, 5) is 0. The topological polar surface area (TPSA) is 12.0 Å². The third-order valence-electron chi connectivity index (χ3n) is 6.92. The minimum absolute atomic E-state index is 0.00425. The van der Waals surface area contributed by atoms with Crippen LogP contribution in [0.2, 0.25) is 0 Å². The summed E-state index contributed by atoms with van der Waals surface area (Å²) in [5.41, 5.74) is 11.6. The average molecular weight is 448 g/mol. The van der Waals surface area contributed by atoms with Crippen LogP contribution in [0.1, 0.15) is 63.8 Å². The molecule has 0 saturated carbocycles. The third-order valence-corrected chi connectivity index (χ3v) is 6.92. The zero-order valence-corrected chi connectivity index (χ0v) is 21.5. The van der Waals surface area contributed by atoms with Gasteiger partial charge in [0.25, 0.3) is 0 Å². The van der Waals surface area contributed by atoms with E-state index in [1.807, 2.05) is 0 Å². The third kappa shape index (κ3) is 4.66. The molecule has 4 rings (SSSR count). The molecule has 0 fully saturated rings. The summed E-state index contributed by atoms with van der Waals surface area (Å²) in [6.07, 6.45) is 7.23. The van der Waals surface area contributed by atoms with Crippen molar-refractivity contribution in [2.75, 3.05) is 5.32 Å². The Bertz CT molecular complexity index is 1280. The molecule has 0 radical (unpaired) electrons. The van der Waals surface area contributed by atoms with Gasteiger partial charge in [0.05, 0.1) is 0 Å². The molecule has 34 heavy (non-hydrogen) atoms. The zero-order chi connectivity index (χ0) is 24.5. The Balaban J connectivity index is 1.49. The van der Waals surface area contributed by atoms with Crippen molar-refractivity contribution in [3.8, 4) is 11.1 Å². The number of nitrogens with one attached hydrogen (secondary N) is 1. The maximum Gasteiger partial charge on any atom is 0.0387 e. The first kappa shape index (κ1) is 23.8. The lowest BCUT2D eigenvalue weighted by Crippen LogP contribution is -2.15. The van der Waals surface area contributed by atoms with E-state index in [9.17, 15) is 0 Å². The molecular formula is C33H37N. The fraction of sp³-hybridized carbons (Fsp3) is 0.273.